The average Bonchev–Trinajstić information content (AvgIpc) is 2.94. The van der Waals surface area contributed by atoms with Gasteiger partial charge < -0.3 is 5.32 Å². The van der Waals surface area contributed by atoms with Crippen molar-refractivity contribution in [3.05, 3.63) is 65.5 Å². The van der Waals surface area contributed by atoms with Gasteiger partial charge >= 0.3 is 0 Å². The lowest BCUT2D eigenvalue weighted by atomic mass is 10.1. The number of nitrogens with one attached hydrogen (secondary N) is 1. The van der Waals surface area contributed by atoms with Gasteiger partial charge in [-0.05, 0) is 56.6 Å². The fourth-order valence-corrected chi connectivity index (χ4v) is 5.00. The average molecular weight is 434 g/mol. The summed E-state index contributed by atoms with van der Waals surface area (Å²) in [6.07, 6.45) is 0.659. The van der Waals surface area contributed by atoms with Gasteiger partial charge in [-0.25, -0.2) is 12.8 Å². The van der Waals surface area contributed by atoms with E-state index in [-0.39, 0.29) is 24.3 Å². The number of amides is 1. The van der Waals surface area contributed by atoms with Crippen LogP contribution in [-0.4, -0.2) is 56.3 Å². The highest BCUT2D eigenvalue weighted by molar-refractivity contribution is 7.89. The van der Waals surface area contributed by atoms with Crippen molar-refractivity contribution >= 4 is 15.9 Å². The standard InChI is InChI=1S/C22H28FN3O3S/c1-17-4-10-21(11-5-17)30(28,29)26-13-3-12-25(14-15-26)16-22(27)24-18(2)19-6-8-20(23)9-7-19/h4-11,18H,3,12-16H2,1-2H3,(H,24,27)/t18-/m1/s1. The van der Waals surface area contributed by atoms with Crippen molar-refractivity contribution in [2.75, 3.05) is 32.7 Å². The Morgan fingerprint density at radius 2 is 1.70 bits per heavy atom. The first-order valence-electron chi connectivity index (χ1n) is 10.1. The molecule has 0 aromatic heterocycles. The molecular formula is C22H28FN3O3S. The Hall–Kier alpha value is -2.29. The summed E-state index contributed by atoms with van der Waals surface area (Å²) >= 11 is 0. The summed E-state index contributed by atoms with van der Waals surface area (Å²) in [5.41, 5.74) is 1.84. The second kappa shape index (κ2) is 9.68. The summed E-state index contributed by atoms with van der Waals surface area (Å²) in [6.45, 7) is 5.88. The number of halogens is 1. The highest BCUT2D eigenvalue weighted by Gasteiger charge is 2.27. The van der Waals surface area contributed by atoms with Crippen LogP contribution >= 0.6 is 0 Å². The van der Waals surface area contributed by atoms with Crippen molar-refractivity contribution < 1.29 is 17.6 Å². The van der Waals surface area contributed by atoms with E-state index in [1.807, 2.05) is 18.7 Å². The normalized spacial score (nSPS) is 17.3. The van der Waals surface area contributed by atoms with Crippen LogP contribution in [0.2, 0.25) is 0 Å². The van der Waals surface area contributed by atoms with Crippen molar-refractivity contribution in [3.63, 3.8) is 0 Å². The van der Waals surface area contributed by atoms with Gasteiger partial charge in [0.2, 0.25) is 15.9 Å². The molecule has 1 atom stereocenters. The predicted octanol–water partition coefficient (Wildman–Crippen LogP) is 2.71. The number of carbonyl (C=O) groups is 1. The molecule has 1 heterocycles. The number of nitrogens with zero attached hydrogens (tertiary/aromatic N) is 2. The van der Waals surface area contributed by atoms with Gasteiger partial charge in [-0.3, -0.25) is 9.69 Å². The van der Waals surface area contributed by atoms with E-state index in [0.717, 1.165) is 11.1 Å². The zero-order chi connectivity index (χ0) is 21.7. The minimum atomic E-state index is -3.54. The molecule has 1 amide bonds. The quantitative estimate of drug-likeness (QED) is 0.761. The fourth-order valence-electron chi connectivity index (χ4n) is 3.53. The third-order valence-corrected chi connectivity index (χ3v) is 7.23. The number of carbonyl (C=O) groups excluding carboxylic acids is 1. The third kappa shape index (κ3) is 5.65. The van der Waals surface area contributed by atoms with Crippen LogP contribution in [0.4, 0.5) is 4.39 Å². The van der Waals surface area contributed by atoms with E-state index in [1.54, 1.807) is 36.4 Å². The highest BCUT2D eigenvalue weighted by atomic mass is 32.2. The maximum absolute atomic E-state index is 13.1. The van der Waals surface area contributed by atoms with E-state index in [4.69, 9.17) is 0 Å². The molecule has 8 heteroatoms. The van der Waals surface area contributed by atoms with Crippen molar-refractivity contribution in [3.8, 4) is 0 Å². The molecule has 0 radical (unpaired) electrons. The van der Waals surface area contributed by atoms with Gasteiger partial charge in [-0.2, -0.15) is 4.31 Å². The van der Waals surface area contributed by atoms with Crippen LogP contribution < -0.4 is 5.32 Å². The molecular weight excluding hydrogens is 405 g/mol. The summed E-state index contributed by atoms with van der Waals surface area (Å²) in [7, 11) is -3.54. The first kappa shape index (κ1) is 22.4. The molecule has 2 aromatic rings. The molecule has 1 N–H and O–H groups in total. The molecule has 162 valence electrons. The van der Waals surface area contributed by atoms with Crippen LogP contribution in [0.1, 0.15) is 30.5 Å². The van der Waals surface area contributed by atoms with E-state index in [0.29, 0.717) is 37.5 Å². The Morgan fingerprint density at radius 1 is 1.03 bits per heavy atom. The van der Waals surface area contributed by atoms with Gasteiger partial charge in [0, 0.05) is 19.6 Å². The minimum Gasteiger partial charge on any atom is -0.348 e. The zero-order valence-electron chi connectivity index (χ0n) is 17.3. The van der Waals surface area contributed by atoms with Gasteiger partial charge in [0.1, 0.15) is 5.82 Å². The van der Waals surface area contributed by atoms with E-state index in [1.165, 1.54) is 16.4 Å². The molecule has 1 aliphatic rings. The second-order valence-corrected chi connectivity index (χ2v) is 9.63. The van der Waals surface area contributed by atoms with Crippen molar-refractivity contribution in [1.29, 1.82) is 0 Å². The maximum Gasteiger partial charge on any atom is 0.243 e. The topological polar surface area (TPSA) is 69.7 Å². The summed E-state index contributed by atoms with van der Waals surface area (Å²) in [4.78, 5) is 14.7. The van der Waals surface area contributed by atoms with Crippen LogP contribution in [0.5, 0.6) is 0 Å². The number of hydrogen-bond acceptors (Lipinski definition) is 4. The van der Waals surface area contributed by atoms with Crippen molar-refractivity contribution in [1.82, 2.24) is 14.5 Å². The summed E-state index contributed by atoms with van der Waals surface area (Å²) in [5, 5.41) is 2.92. The monoisotopic (exact) mass is 433 g/mol. The van der Waals surface area contributed by atoms with Gasteiger partial charge in [-0.1, -0.05) is 29.8 Å². The summed E-state index contributed by atoms with van der Waals surface area (Å²) in [5.74, 6) is -0.450. The molecule has 1 saturated heterocycles. The Morgan fingerprint density at radius 3 is 2.37 bits per heavy atom. The molecule has 3 rings (SSSR count). The smallest absolute Gasteiger partial charge is 0.243 e. The molecule has 0 spiro atoms. The van der Waals surface area contributed by atoms with Crippen LogP contribution in [0, 0.1) is 12.7 Å². The van der Waals surface area contributed by atoms with Gasteiger partial charge in [0.25, 0.3) is 0 Å². The number of hydrogen-bond donors (Lipinski definition) is 1. The molecule has 1 aliphatic heterocycles. The molecule has 2 aromatic carbocycles. The Labute approximate surface area is 177 Å². The second-order valence-electron chi connectivity index (χ2n) is 7.69. The van der Waals surface area contributed by atoms with E-state index < -0.39 is 10.0 Å². The lowest BCUT2D eigenvalue weighted by Crippen LogP contribution is -2.40. The molecule has 0 bridgehead atoms. The molecule has 1 fully saturated rings. The van der Waals surface area contributed by atoms with Crippen LogP contribution in [0.15, 0.2) is 53.4 Å². The maximum atomic E-state index is 13.1. The summed E-state index contributed by atoms with van der Waals surface area (Å²) in [6, 6.07) is 12.7. The number of benzene rings is 2. The lowest BCUT2D eigenvalue weighted by Gasteiger charge is -2.22. The third-order valence-electron chi connectivity index (χ3n) is 5.32. The molecule has 0 unspecified atom stereocenters. The molecule has 0 aliphatic carbocycles. The predicted molar refractivity (Wildman–Crippen MR) is 114 cm³/mol. The van der Waals surface area contributed by atoms with Crippen molar-refractivity contribution in [2.24, 2.45) is 0 Å². The summed E-state index contributed by atoms with van der Waals surface area (Å²) < 4.78 is 40.4. The van der Waals surface area contributed by atoms with Crippen LogP contribution in [-0.2, 0) is 14.8 Å². The van der Waals surface area contributed by atoms with Crippen LogP contribution in [0.3, 0.4) is 0 Å². The zero-order valence-corrected chi connectivity index (χ0v) is 18.2. The van der Waals surface area contributed by atoms with Gasteiger partial charge in [-0.15, -0.1) is 0 Å². The van der Waals surface area contributed by atoms with E-state index >= 15 is 0 Å². The molecule has 6 nitrogen and oxygen atoms in total. The van der Waals surface area contributed by atoms with E-state index in [2.05, 4.69) is 5.32 Å². The first-order valence-corrected chi connectivity index (χ1v) is 11.5. The lowest BCUT2D eigenvalue weighted by molar-refractivity contribution is -0.122. The van der Waals surface area contributed by atoms with Gasteiger partial charge in [0.05, 0.1) is 17.5 Å². The SMILES string of the molecule is Cc1ccc(S(=O)(=O)N2CCCN(CC(=O)N[C@H](C)c3ccc(F)cc3)CC2)cc1. The minimum absolute atomic E-state index is 0.137. The Bertz CT molecular complexity index is 962. The van der Waals surface area contributed by atoms with Gasteiger partial charge in [0.15, 0.2) is 0 Å². The molecule has 30 heavy (non-hydrogen) atoms. The number of rotatable bonds is 6. The largest absolute Gasteiger partial charge is 0.348 e. The highest BCUT2D eigenvalue weighted by Crippen LogP contribution is 2.18. The molecule has 0 saturated carbocycles. The number of sulfonamides is 1. The first-order chi connectivity index (χ1) is 14.3. The van der Waals surface area contributed by atoms with Crippen molar-refractivity contribution in [2.45, 2.75) is 31.2 Å². The number of aryl methyl sites for hydroxylation is 1. The van der Waals surface area contributed by atoms with E-state index in [9.17, 15) is 17.6 Å². The fraction of sp³-hybridized carbons (Fsp3) is 0.409. The Balaban J connectivity index is 1.55. The Kier molecular flexibility index (Phi) is 7.23. The van der Waals surface area contributed by atoms with Crippen LogP contribution in [0.25, 0.3) is 0 Å².